The molecule has 0 aromatic heterocycles. The lowest BCUT2D eigenvalue weighted by Crippen LogP contribution is -2.60. The van der Waals surface area contributed by atoms with Gasteiger partial charge in [-0.25, -0.2) is 0 Å². The van der Waals surface area contributed by atoms with E-state index < -0.39 is 49.5 Å². The Labute approximate surface area is 516 Å². The molecule has 1 aliphatic rings. The second-order valence-corrected chi connectivity index (χ2v) is 24.6. The summed E-state index contributed by atoms with van der Waals surface area (Å²) in [6.45, 7) is 4.28. The van der Waals surface area contributed by atoms with Gasteiger partial charge in [-0.3, -0.25) is 9.59 Å². The van der Waals surface area contributed by atoms with Gasteiger partial charge < -0.3 is 45.1 Å². The molecule has 7 unspecified atom stereocenters. The first-order chi connectivity index (χ1) is 41.2. The number of amides is 1. The first-order valence-corrected chi connectivity index (χ1v) is 35.6. The van der Waals surface area contributed by atoms with Crippen LogP contribution in [0.5, 0.6) is 0 Å². The van der Waals surface area contributed by atoms with Gasteiger partial charge in [0.05, 0.1) is 32.0 Å². The van der Waals surface area contributed by atoms with E-state index in [1.165, 1.54) is 231 Å². The molecule has 490 valence electrons. The van der Waals surface area contributed by atoms with E-state index in [0.717, 1.165) is 70.6 Å². The van der Waals surface area contributed by atoms with E-state index in [-0.39, 0.29) is 18.5 Å². The zero-order valence-corrected chi connectivity index (χ0v) is 54.4. The molecule has 1 amide bonds. The van der Waals surface area contributed by atoms with Gasteiger partial charge in [-0.2, -0.15) is 0 Å². The van der Waals surface area contributed by atoms with Gasteiger partial charge in [-0.1, -0.05) is 274 Å². The van der Waals surface area contributed by atoms with Gasteiger partial charge in [0.15, 0.2) is 6.29 Å². The quantitative estimate of drug-likeness (QED) is 0.0195. The molecule has 1 aliphatic heterocycles. The van der Waals surface area contributed by atoms with Crippen molar-refractivity contribution < 1.29 is 49.3 Å². The summed E-state index contributed by atoms with van der Waals surface area (Å²) in [5, 5.41) is 54.4. The zero-order chi connectivity index (χ0) is 60.9. The molecule has 7 atom stereocenters. The number of carbonyl (C=O) groups is 2. The Kier molecular flexibility index (Phi) is 58.6. The fourth-order valence-corrected chi connectivity index (χ4v) is 10.9. The largest absolute Gasteiger partial charge is 0.466 e. The number of esters is 1. The Hall–Kier alpha value is -2.64. The highest BCUT2D eigenvalue weighted by Gasteiger charge is 2.44. The minimum Gasteiger partial charge on any atom is -0.466 e. The Balaban J connectivity index is 1.97. The number of aliphatic hydroxyl groups excluding tert-OH is 5. The fourth-order valence-electron chi connectivity index (χ4n) is 10.9. The summed E-state index contributed by atoms with van der Waals surface area (Å²) < 4.78 is 16.7. The number of ether oxygens (including phenoxy) is 3. The van der Waals surface area contributed by atoms with E-state index in [2.05, 4.69) is 67.8 Å². The molecule has 0 aromatic carbocycles. The minimum atomic E-state index is -1.58. The second kappa shape index (κ2) is 62.0. The molecule has 1 fully saturated rings. The van der Waals surface area contributed by atoms with E-state index in [1.807, 2.05) is 6.08 Å². The van der Waals surface area contributed by atoms with Crippen LogP contribution in [0.3, 0.4) is 0 Å². The topological polar surface area (TPSA) is 175 Å². The van der Waals surface area contributed by atoms with Crippen molar-refractivity contribution in [3.63, 3.8) is 0 Å². The number of carbonyl (C=O) groups excluding carboxylic acids is 2. The van der Waals surface area contributed by atoms with Gasteiger partial charge in [0, 0.05) is 12.8 Å². The standard InChI is InChI=1S/C73H133NO10/c1-3-5-7-9-11-13-15-36-40-43-47-51-55-59-66(76)65(64-83-73-72(81)71(80)70(79)67(63-75)84-73)74-68(77)60-56-52-48-44-41-37-34-32-30-28-26-24-22-20-18-16-17-19-21-23-25-27-29-31-33-35-38-42-46-50-54-58-62-82-69(78)61-57-53-49-45-39-14-12-10-8-6-4-2/h10-13,19,21,40,43,55,59,65-67,70-73,75-76,79-81H,3-9,14-18,20,22-39,41-42,44-54,56-58,60-64H2,1-2H3,(H,74,77)/b12-10-,13-11+,21-19-,43-40+,59-55+. The molecule has 1 saturated heterocycles. The maximum absolute atomic E-state index is 13.1. The van der Waals surface area contributed by atoms with Crippen LogP contribution in [0.15, 0.2) is 60.8 Å². The fraction of sp³-hybridized carbons (Fsp3) is 0.836. The third-order valence-corrected chi connectivity index (χ3v) is 16.6. The van der Waals surface area contributed by atoms with Crippen LogP contribution in [0.25, 0.3) is 0 Å². The molecule has 84 heavy (non-hydrogen) atoms. The Morgan fingerprint density at radius 1 is 0.429 bits per heavy atom. The van der Waals surface area contributed by atoms with Crippen molar-refractivity contribution in [2.75, 3.05) is 19.8 Å². The molecule has 0 bridgehead atoms. The van der Waals surface area contributed by atoms with Crippen LogP contribution in [-0.4, -0.2) is 100 Å². The highest BCUT2D eigenvalue weighted by atomic mass is 16.7. The summed E-state index contributed by atoms with van der Waals surface area (Å²) in [4.78, 5) is 25.1. The monoisotopic (exact) mass is 1180 g/mol. The van der Waals surface area contributed by atoms with E-state index in [4.69, 9.17) is 14.2 Å². The SMILES string of the molecule is CCCC/C=C\CCCCCCCC(=O)OCCCCCCCCCCCCCC/C=C\CCCCCCCCCCCCCCCCCCC(=O)NC(COC1OC(CO)C(O)C(O)C1O)C(O)/C=C/CC/C=C/CC/C=C/CCCCC. The van der Waals surface area contributed by atoms with E-state index in [9.17, 15) is 35.1 Å². The predicted octanol–water partition coefficient (Wildman–Crippen LogP) is 18.1. The van der Waals surface area contributed by atoms with E-state index in [0.29, 0.717) is 19.4 Å². The van der Waals surface area contributed by atoms with Crippen molar-refractivity contribution in [1.82, 2.24) is 5.32 Å². The molecule has 0 spiro atoms. The van der Waals surface area contributed by atoms with Crippen LogP contribution < -0.4 is 5.32 Å². The van der Waals surface area contributed by atoms with Gasteiger partial charge in [0.2, 0.25) is 5.91 Å². The Bertz CT molecular complexity index is 1580. The molecule has 0 saturated carbocycles. The number of allylic oxidation sites excluding steroid dienone is 9. The first kappa shape index (κ1) is 79.4. The average Bonchev–Trinajstić information content (AvgIpc) is 3.67. The molecular weight excluding hydrogens is 1050 g/mol. The van der Waals surface area contributed by atoms with Crippen LogP contribution >= 0.6 is 0 Å². The third kappa shape index (κ3) is 50.4. The van der Waals surface area contributed by atoms with Crippen molar-refractivity contribution in [2.45, 2.75) is 371 Å². The average molecular weight is 1180 g/mol. The molecule has 11 nitrogen and oxygen atoms in total. The maximum Gasteiger partial charge on any atom is 0.305 e. The van der Waals surface area contributed by atoms with Gasteiger partial charge in [0.25, 0.3) is 0 Å². The van der Waals surface area contributed by atoms with Gasteiger partial charge >= 0.3 is 5.97 Å². The van der Waals surface area contributed by atoms with Crippen molar-refractivity contribution in [3.05, 3.63) is 60.8 Å². The molecule has 0 aliphatic carbocycles. The molecule has 0 aromatic rings. The van der Waals surface area contributed by atoms with Gasteiger partial charge in [-0.15, -0.1) is 0 Å². The highest BCUT2D eigenvalue weighted by Crippen LogP contribution is 2.23. The number of nitrogens with one attached hydrogen (secondary N) is 1. The molecule has 1 rings (SSSR count). The normalized spacial score (nSPS) is 18.4. The summed E-state index contributed by atoms with van der Waals surface area (Å²) in [5.41, 5.74) is 0. The van der Waals surface area contributed by atoms with Crippen molar-refractivity contribution in [1.29, 1.82) is 0 Å². The lowest BCUT2D eigenvalue weighted by molar-refractivity contribution is -0.302. The van der Waals surface area contributed by atoms with Crippen molar-refractivity contribution >= 4 is 11.9 Å². The molecular formula is C73H133NO10. The van der Waals surface area contributed by atoms with Crippen LogP contribution in [0.2, 0.25) is 0 Å². The summed E-state index contributed by atoms with van der Waals surface area (Å²) in [5.74, 6) is -0.195. The summed E-state index contributed by atoms with van der Waals surface area (Å²) >= 11 is 0. The van der Waals surface area contributed by atoms with E-state index in [1.54, 1.807) is 6.08 Å². The van der Waals surface area contributed by atoms with Crippen LogP contribution in [0.4, 0.5) is 0 Å². The number of unbranched alkanes of at least 4 members (excludes halogenated alkanes) is 40. The number of rotatable bonds is 62. The number of aliphatic hydroxyl groups is 5. The summed E-state index contributed by atoms with van der Waals surface area (Å²) in [7, 11) is 0. The smallest absolute Gasteiger partial charge is 0.305 e. The lowest BCUT2D eigenvalue weighted by atomic mass is 9.99. The van der Waals surface area contributed by atoms with Crippen LogP contribution in [-0.2, 0) is 23.8 Å². The number of hydrogen-bond acceptors (Lipinski definition) is 10. The van der Waals surface area contributed by atoms with Crippen molar-refractivity contribution in [2.24, 2.45) is 0 Å². The Morgan fingerprint density at radius 2 is 0.786 bits per heavy atom. The molecule has 0 radical (unpaired) electrons. The first-order valence-electron chi connectivity index (χ1n) is 35.6. The van der Waals surface area contributed by atoms with Gasteiger partial charge in [0.1, 0.15) is 24.4 Å². The third-order valence-electron chi connectivity index (χ3n) is 16.6. The second-order valence-electron chi connectivity index (χ2n) is 24.6. The van der Waals surface area contributed by atoms with Crippen LogP contribution in [0, 0.1) is 0 Å². The Morgan fingerprint density at radius 3 is 1.21 bits per heavy atom. The zero-order valence-electron chi connectivity index (χ0n) is 54.4. The van der Waals surface area contributed by atoms with Gasteiger partial charge in [-0.05, 0) is 103 Å². The van der Waals surface area contributed by atoms with E-state index >= 15 is 0 Å². The lowest BCUT2D eigenvalue weighted by Gasteiger charge is -2.40. The van der Waals surface area contributed by atoms with Crippen molar-refractivity contribution in [3.8, 4) is 0 Å². The summed E-state index contributed by atoms with van der Waals surface area (Å²) in [6.07, 6.45) is 72.2. The predicted molar refractivity (Wildman–Crippen MR) is 352 cm³/mol. The molecule has 1 heterocycles. The molecule has 6 N–H and O–H groups in total. The highest BCUT2D eigenvalue weighted by molar-refractivity contribution is 5.76. The molecule has 11 heteroatoms. The number of hydrogen-bond donors (Lipinski definition) is 6. The summed E-state index contributed by atoms with van der Waals surface area (Å²) in [6, 6.07) is -0.833. The maximum atomic E-state index is 13.1. The minimum absolute atomic E-state index is 0.00118. The van der Waals surface area contributed by atoms with Crippen LogP contribution in [0.1, 0.15) is 328 Å².